The van der Waals surface area contributed by atoms with Crippen LogP contribution in [0.3, 0.4) is 0 Å². The van der Waals surface area contributed by atoms with Gasteiger partial charge < -0.3 is 29.9 Å². The number of carbonyl (C=O) groups excluding carboxylic acids is 4. The molecule has 0 saturated carbocycles. The van der Waals surface area contributed by atoms with Gasteiger partial charge in [-0.15, -0.1) is 0 Å². The van der Waals surface area contributed by atoms with E-state index >= 15 is 0 Å². The summed E-state index contributed by atoms with van der Waals surface area (Å²) in [5.74, 6) is -1.12. The fourth-order valence-corrected chi connectivity index (χ4v) is 4.30. The lowest BCUT2D eigenvalue weighted by atomic mass is 10.0. The van der Waals surface area contributed by atoms with Gasteiger partial charge in [0.05, 0.1) is 11.7 Å². The van der Waals surface area contributed by atoms with Crippen LogP contribution >= 0.6 is 0 Å². The van der Waals surface area contributed by atoms with E-state index in [1.54, 1.807) is 48.2 Å². The zero-order valence-corrected chi connectivity index (χ0v) is 24.9. The zero-order valence-electron chi connectivity index (χ0n) is 24.9. The third-order valence-corrected chi connectivity index (χ3v) is 7.14. The molecular weight excluding hydrogens is 500 g/mol. The minimum absolute atomic E-state index is 0.0226. The summed E-state index contributed by atoms with van der Waals surface area (Å²) in [5, 5.41) is 13.2. The lowest BCUT2D eigenvalue weighted by Crippen LogP contribution is -2.54. The van der Waals surface area contributed by atoms with E-state index in [0.29, 0.717) is 6.42 Å². The van der Waals surface area contributed by atoms with E-state index in [2.05, 4.69) is 5.32 Å². The van der Waals surface area contributed by atoms with Gasteiger partial charge in [0.1, 0.15) is 17.8 Å². The number of amides is 4. The van der Waals surface area contributed by atoms with Gasteiger partial charge in [-0.2, -0.15) is 0 Å². The molecule has 218 valence electrons. The van der Waals surface area contributed by atoms with E-state index in [4.69, 9.17) is 4.74 Å². The number of likely N-dealkylation sites (N-methyl/N-ethyl adjacent to an activating group) is 2. The minimum Gasteiger partial charge on any atom is -0.483 e. The third kappa shape index (κ3) is 8.42. The molecule has 1 aromatic rings. The van der Waals surface area contributed by atoms with Crippen LogP contribution in [0.5, 0.6) is 5.75 Å². The van der Waals surface area contributed by atoms with Crippen molar-refractivity contribution in [3.8, 4) is 5.75 Å². The largest absolute Gasteiger partial charge is 0.483 e. The molecule has 0 spiro atoms. The molecule has 1 aromatic carbocycles. The number of likely N-dealkylation sites (tertiary alicyclic amines) is 1. The Bertz CT molecular complexity index is 1030. The maximum absolute atomic E-state index is 13.7. The fraction of sp³-hybridized carbons (Fsp3) is 0.655. The van der Waals surface area contributed by atoms with Crippen molar-refractivity contribution in [1.29, 1.82) is 0 Å². The lowest BCUT2D eigenvalue weighted by molar-refractivity contribution is -0.145. The van der Waals surface area contributed by atoms with Gasteiger partial charge in [-0.05, 0) is 59.1 Å². The van der Waals surface area contributed by atoms with Crippen LogP contribution in [0.25, 0.3) is 0 Å². The second-order valence-corrected chi connectivity index (χ2v) is 12.0. The second-order valence-electron chi connectivity index (χ2n) is 12.0. The Kier molecular flexibility index (Phi) is 10.9. The van der Waals surface area contributed by atoms with Crippen molar-refractivity contribution in [1.82, 2.24) is 20.0 Å². The number of carbonyl (C=O) groups is 4. The smallest absolute Gasteiger partial charge is 0.260 e. The first kappa shape index (κ1) is 32.1. The molecule has 1 aliphatic heterocycles. The summed E-state index contributed by atoms with van der Waals surface area (Å²) in [6, 6.07) is 4.78. The summed E-state index contributed by atoms with van der Waals surface area (Å²) in [5.41, 5.74) is -0.187. The van der Waals surface area contributed by atoms with Gasteiger partial charge in [-0.3, -0.25) is 19.2 Å². The van der Waals surface area contributed by atoms with E-state index in [1.807, 2.05) is 48.5 Å². The minimum atomic E-state index is -0.913. The normalized spacial score (nSPS) is 18.2. The molecule has 2 N–H and O–H groups in total. The predicted octanol–water partition coefficient (Wildman–Crippen LogP) is 2.30. The number of ether oxygens (including phenoxy) is 1. The second kappa shape index (κ2) is 13.3. The molecule has 0 aromatic heterocycles. The van der Waals surface area contributed by atoms with Gasteiger partial charge in [0, 0.05) is 38.6 Å². The number of β-amino-alcohol motifs (C(OH)–C–C–N with tert-alkyl or cyclic N) is 1. The number of rotatable bonds is 10. The molecule has 4 amide bonds. The van der Waals surface area contributed by atoms with Gasteiger partial charge in [-0.25, -0.2) is 0 Å². The fourth-order valence-electron chi connectivity index (χ4n) is 4.30. The lowest BCUT2D eigenvalue weighted by Gasteiger charge is -2.32. The summed E-state index contributed by atoms with van der Waals surface area (Å²) in [6.07, 6.45) is -0.329. The summed E-state index contributed by atoms with van der Waals surface area (Å²) in [7, 11) is 3.37. The summed E-state index contributed by atoms with van der Waals surface area (Å²) >= 11 is 0. The quantitative estimate of drug-likeness (QED) is 0.465. The van der Waals surface area contributed by atoms with E-state index in [-0.39, 0.29) is 60.2 Å². The zero-order chi connectivity index (χ0) is 29.7. The predicted molar refractivity (Wildman–Crippen MR) is 149 cm³/mol. The third-order valence-electron chi connectivity index (χ3n) is 7.14. The monoisotopic (exact) mass is 546 g/mol. The summed E-state index contributed by atoms with van der Waals surface area (Å²) < 4.78 is 5.74. The molecule has 0 unspecified atom stereocenters. The number of nitrogens with zero attached hydrogens (tertiary/aromatic N) is 3. The van der Waals surface area contributed by atoms with Crippen LogP contribution in [0.2, 0.25) is 0 Å². The topological polar surface area (TPSA) is 119 Å². The molecule has 1 fully saturated rings. The van der Waals surface area contributed by atoms with Crippen molar-refractivity contribution in [3.05, 3.63) is 29.8 Å². The Morgan fingerprint density at radius 2 is 1.72 bits per heavy atom. The van der Waals surface area contributed by atoms with Gasteiger partial charge in [-0.1, -0.05) is 26.0 Å². The maximum Gasteiger partial charge on any atom is 0.260 e. The SMILES string of the molecule is CC(C)C[C@@H](NC(=O)c1ccccc1OCC(=O)N(C)C(C)(C)C)C(=O)N1C[C@H](O)C[C@H]1C(=O)N(C)C(C)C. The van der Waals surface area contributed by atoms with Crippen LogP contribution in [0.15, 0.2) is 24.3 Å². The number of nitrogens with one attached hydrogen (secondary N) is 1. The Labute approximate surface area is 232 Å². The van der Waals surface area contributed by atoms with Gasteiger partial charge in [0.2, 0.25) is 11.8 Å². The van der Waals surface area contributed by atoms with Crippen LogP contribution < -0.4 is 10.1 Å². The van der Waals surface area contributed by atoms with Gasteiger partial charge in [0.25, 0.3) is 11.8 Å². The van der Waals surface area contributed by atoms with E-state index in [9.17, 15) is 24.3 Å². The number of hydrogen-bond acceptors (Lipinski definition) is 6. The Morgan fingerprint density at radius 3 is 2.28 bits per heavy atom. The molecular formula is C29H46N4O6. The number of benzene rings is 1. The van der Waals surface area contributed by atoms with Crippen molar-refractivity contribution < 1.29 is 29.0 Å². The van der Waals surface area contributed by atoms with Crippen molar-refractivity contribution in [2.75, 3.05) is 27.2 Å². The molecule has 39 heavy (non-hydrogen) atoms. The molecule has 10 nitrogen and oxygen atoms in total. The number of aliphatic hydroxyl groups excluding tert-OH is 1. The first-order valence-corrected chi connectivity index (χ1v) is 13.6. The molecule has 0 radical (unpaired) electrons. The molecule has 10 heteroatoms. The van der Waals surface area contributed by atoms with Gasteiger partial charge >= 0.3 is 0 Å². The Hall–Kier alpha value is -3.14. The molecule has 3 atom stereocenters. The Morgan fingerprint density at radius 1 is 1.10 bits per heavy atom. The van der Waals surface area contributed by atoms with E-state index < -0.39 is 30.0 Å². The molecule has 0 bridgehead atoms. The van der Waals surface area contributed by atoms with Crippen LogP contribution in [-0.4, -0.2) is 100 Å². The summed E-state index contributed by atoms with van der Waals surface area (Å²) in [6.45, 7) is 13.2. The average Bonchev–Trinajstić information content (AvgIpc) is 3.25. The highest BCUT2D eigenvalue weighted by Crippen LogP contribution is 2.24. The average molecular weight is 547 g/mol. The van der Waals surface area contributed by atoms with E-state index in [1.165, 1.54) is 4.90 Å². The number of hydrogen-bond donors (Lipinski definition) is 2. The van der Waals surface area contributed by atoms with Crippen LogP contribution in [-0.2, 0) is 14.4 Å². The van der Waals surface area contributed by atoms with Crippen molar-refractivity contribution >= 4 is 23.6 Å². The summed E-state index contributed by atoms with van der Waals surface area (Å²) in [4.78, 5) is 57.3. The molecule has 2 rings (SSSR count). The maximum atomic E-state index is 13.7. The standard InChI is InChI=1S/C29H46N4O6/c1-18(2)14-22(27(37)33-16-20(34)15-23(33)28(38)31(8)19(3)4)30-26(36)21-12-10-11-13-24(21)39-17-25(35)32(9)29(5,6)7/h10-13,18-20,22-23,34H,14-17H2,1-9H3,(H,30,36)/t20-,22-,23+/m1/s1. The van der Waals surface area contributed by atoms with Crippen LogP contribution in [0.1, 0.15) is 71.7 Å². The molecule has 1 saturated heterocycles. The van der Waals surface area contributed by atoms with E-state index in [0.717, 1.165) is 0 Å². The molecule has 0 aliphatic carbocycles. The first-order valence-electron chi connectivity index (χ1n) is 13.6. The van der Waals surface area contributed by atoms with Crippen molar-refractivity contribution in [3.63, 3.8) is 0 Å². The highest BCUT2D eigenvalue weighted by Gasteiger charge is 2.43. The first-order chi connectivity index (χ1) is 18.0. The van der Waals surface area contributed by atoms with Crippen LogP contribution in [0, 0.1) is 5.92 Å². The van der Waals surface area contributed by atoms with Crippen molar-refractivity contribution in [2.45, 2.75) is 91.1 Å². The number of aliphatic hydroxyl groups is 1. The van der Waals surface area contributed by atoms with Crippen LogP contribution in [0.4, 0.5) is 0 Å². The molecule has 1 heterocycles. The number of para-hydroxylation sites is 1. The molecule has 1 aliphatic rings. The highest BCUT2D eigenvalue weighted by molar-refractivity contribution is 6.00. The van der Waals surface area contributed by atoms with Crippen molar-refractivity contribution in [2.24, 2.45) is 5.92 Å². The highest BCUT2D eigenvalue weighted by atomic mass is 16.5. The van der Waals surface area contributed by atoms with Gasteiger partial charge in [0.15, 0.2) is 6.61 Å². The Balaban J connectivity index is 2.24.